The van der Waals surface area contributed by atoms with Crippen LogP contribution in [0.1, 0.15) is 31.8 Å². The predicted octanol–water partition coefficient (Wildman–Crippen LogP) is 5.99. The lowest BCUT2D eigenvalue weighted by Crippen LogP contribution is -2.46. The number of amides is 3. The molecule has 0 saturated carbocycles. The molecule has 0 saturated heterocycles. The van der Waals surface area contributed by atoms with Crippen molar-refractivity contribution in [1.29, 1.82) is 0 Å². The van der Waals surface area contributed by atoms with Crippen molar-refractivity contribution in [3.05, 3.63) is 123 Å². The number of nitrogens with one attached hydrogen (secondary N) is 2. The minimum Gasteiger partial charge on any atom is -0.323 e. The molecule has 0 radical (unpaired) electrons. The molecule has 5 rings (SSSR count). The number of nitrogens with zero attached hydrogens (tertiary/aromatic N) is 2. The first-order valence-electron chi connectivity index (χ1n) is 11.9. The summed E-state index contributed by atoms with van der Waals surface area (Å²) in [5.74, 6) is -1.39. The van der Waals surface area contributed by atoms with Gasteiger partial charge in [0.1, 0.15) is 17.7 Å². The van der Waals surface area contributed by atoms with Crippen molar-refractivity contribution in [1.82, 2.24) is 9.88 Å². The number of hydrogen-bond acceptors (Lipinski definition) is 4. The Hall–Kier alpha value is -4.27. The minimum absolute atomic E-state index is 0.0667. The van der Waals surface area contributed by atoms with Crippen LogP contribution in [0.2, 0.25) is 10.0 Å². The molecule has 3 aromatic carbocycles. The molecule has 1 aromatic heterocycles. The SMILES string of the molecule is O=C(Nc1ccccn1)c1ccc(CN2C(=O)c3ccc(F)cc3NC(=O)[C@H]2Cc2ccc(Cl)c(Cl)c2)cc1. The van der Waals surface area contributed by atoms with E-state index in [1.807, 2.05) is 0 Å². The Bertz CT molecular complexity index is 1570. The molecule has 0 aliphatic carbocycles. The van der Waals surface area contributed by atoms with Crippen LogP contribution in [0.25, 0.3) is 0 Å². The number of carbonyl (C=O) groups is 3. The molecule has 4 aromatic rings. The lowest BCUT2D eigenvalue weighted by atomic mass is 10.0. The van der Waals surface area contributed by atoms with E-state index in [9.17, 15) is 18.8 Å². The van der Waals surface area contributed by atoms with E-state index in [2.05, 4.69) is 15.6 Å². The van der Waals surface area contributed by atoms with Gasteiger partial charge in [-0.15, -0.1) is 0 Å². The first kappa shape index (κ1) is 26.3. The number of rotatable bonds is 6. The average molecular weight is 563 g/mol. The summed E-state index contributed by atoms with van der Waals surface area (Å²) in [6.07, 6.45) is 1.73. The third kappa shape index (κ3) is 5.92. The van der Waals surface area contributed by atoms with Crippen molar-refractivity contribution >= 4 is 52.4 Å². The van der Waals surface area contributed by atoms with Crippen LogP contribution >= 0.6 is 23.2 Å². The fourth-order valence-electron chi connectivity index (χ4n) is 4.32. The third-order valence-corrected chi connectivity index (χ3v) is 7.04. The van der Waals surface area contributed by atoms with Crippen molar-refractivity contribution in [3.8, 4) is 0 Å². The lowest BCUT2D eigenvalue weighted by Gasteiger charge is -2.29. The van der Waals surface area contributed by atoms with Gasteiger partial charge in [0, 0.05) is 24.7 Å². The van der Waals surface area contributed by atoms with E-state index < -0.39 is 23.7 Å². The molecule has 10 heteroatoms. The van der Waals surface area contributed by atoms with Gasteiger partial charge in [-0.05, 0) is 65.7 Å². The second-order valence-electron chi connectivity index (χ2n) is 8.95. The van der Waals surface area contributed by atoms with Crippen LogP contribution in [0.3, 0.4) is 0 Å². The predicted molar refractivity (Wildman–Crippen MR) is 147 cm³/mol. The lowest BCUT2D eigenvalue weighted by molar-refractivity contribution is -0.120. The van der Waals surface area contributed by atoms with Crippen LogP contribution in [0, 0.1) is 5.82 Å². The molecule has 2 heterocycles. The summed E-state index contributed by atoms with van der Waals surface area (Å²) in [5, 5.41) is 6.11. The summed E-state index contributed by atoms with van der Waals surface area (Å²) in [4.78, 5) is 45.2. The summed E-state index contributed by atoms with van der Waals surface area (Å²) in [6.45, 7) is 0.0667. The summed E-state index contributed by atoms with van der Waals surface area (Å²) < 4.78 is 14.0. The molecule has 1 aliphatic heterocycles. The van der Waals surface area contributed by atoms with Gasteiger partial charge in [-0.2, -0.15) is 0 Å². The number of anilines is 2. The monoisotopic (exact) mass is 562 g/mol. The Morgan fingerprint density at radius 1 is 0.949 bits per heavy atom. The van der Waals surface area contributed by atoms with E-state index in [4.69, 9.17) is 23.2 Å². The molecule has 0 fully saturated rings. The van der Waals surface area contributed by atoms with E-state index in [0.29, 0.717) is 32.6 Å². The van der Waals surface area contributed by atoms with Crippen LogP contribution < -0.4 is 10.6 Å². The maximum Gasteiger partial charge on any atom is 0.256 e. The number of fused-ring (bicyclic) bond motifs is 1. The van der Waals surface area contributed by atoms with Gasteiger partial charge in [-0.1, -0.05) is 47.5 Å². The molecular formula is C29H21Cl2FN4O3. The van der Waals surface area contributed by atoms with Gasteiger partial charge < -0.3 is 15.5 Å². The summed E-state index contributed by atoms with van der Waals surface area (Å²) >= 11 is 12.2. The Labute approximate surface area is 233 Å². The van der Waals surface area contributed by atoms with Crippen molar-refractivity contribution < 1.29 is 18.8 Å². The number of aromatic nitrogens is 1. The van der Waals surface area contributed by atoms with Crippen molar-refractivity contribution in [2.45, 2.75) is 19.0 Å². The van der Waals surface area contributed by atoms with Gasteiger partial charge in [0.15, 0.2) is 0 Å². The molecule has 0 bridgehead atoms. The van der Waals surface area contributed by atoms with E-state index in [1.165, 1.54) is 17.0 Å². The molecule has 0 unspecified atom stereocenters. The van der Waals surface area contributed by atoms with Crippen LogP contribution in [-0.2, 0) is 17.8 Å². The molecule has 0 spiro atoms. The van der Waals surface area contributed by atoms with Crippen LogP contribution in [0.15, 0.2) is 85.1 Å². The number of carbonyl (C=O) groups excluding carboxylic acids is 3. The van der Waals surface area contributed by atoms with Gasteiger partial charge in [0.2, 0.25) is 5.91 Å². The quantitative estimate of drug-likeness (QED) is 0.302. The molecule has 1 atom stereocenters. The highest BCUT2D eigenvalue weighted by atomic mass is 35.5. The van der Waals surface area contributed by atoms with E-state index in [0.717, 1.165) is 6.07 Å². The largest absolute Gasteiger partial charge is 0.323 e. The molecule has 1 aliphatic rings. The van der Waals surface area contributed by atoms with Gasteiger partial charge in [-0.3, -0.25) is 14.4 Å². The van der Waals surface area contributed by atoms with Crippen LogP contribution in [-0.4, -0.2) is 33.6 Å². The number of halogens is 3. The van der Waals surface area contributed by atoms with Crippen LogP contribution in [0.4, 0.5) is 15.9 Å². The van der Waals surface area contributed by atoms with Gasteiger partial charge in [0.05, 0.1) is 21.3 Å². The molecule has 2 N–H and O–H groups in total. The highest BCUT2D eigenvalue weighted by Gasteiger charge is 2.35. The smallest absolute Gasteiger partial charge is 0.256 e. The zero-order valence-corrected chi connectivity index (χ0v) is 21.8. The number of pyridine rings is 1. The number of hydrogen-bond donors (Lipinski definition) is 2. The normalized spacial score (nSPS) is 14.8. The fourth-order valence-corrected chi connectivity index (χ4v) is 4.64. The van der Waals surface area contributed by atoms with Gasteiger partial charge in [0.25, 0.3) is 11.8 Å². The first-order valence-corrected chi connectivity index (χ1v) is 12.7. The number of benzene rings is 3. The first-order chi connectivity index (χ1) is 18.8. The standard InChI is InChI=1S/C29H21Cl2FN4O3/c30-22-11-6-18(13-23(22)31)14-25-28(38)34-24-15-20(32)9-10-21(24)29(39)36(25)16-17-4-7-19(8-5-17)27(37)35-26-3-1-2-12-33-26/h1-13,15,25H,14,16H2,(H,34,38)(H,33,35,37)/t25-/m1/s1. The Morgan fingerprint density at radius 2 is 1.72 bits per heavy atom. The second kappa shape index (κ2) is 11.2. The molecule has 39 heavy (non-hydrogen) atoms. The van der Waals surface area contributed by atoms with Crippen molar-refractivity contribution in [3.63, 3.8) is 0 Å². The minimum atomic E-state index is -0.933. The highest BCUT2D eigenvalue weighted by molar-refractivity contribution is 6.42. The van der Waals surface area contributed by atoms with E-state index in [1.54, 1.807) is 66.9 Å². The Morgan fingerprint density at radius 3 is 2.44 bits per heavy atom. The zero-order chi connectivity index (χ0) is 27.5. The second-order valence-corrected chi connectivity index (χ2v) is 9.76. The Balaban J connectivity index is 1.43. The summed E-state index contributed by atoms with van der Waals surface area (Å²) in [7, 11) is 0. The topological polar surface area (TPSA) is 91.4 Å². The highest BCUT2D eigenvalue weighted by Crippen LogP contribution is 2.29. The summed E-state index contributed by atoms with van der Waals surface area (Å²) in [5.41, 5.74) is 2.06. The van der Waals surface area contributed by atoms with E-state index >= 15 is 0 Å². The molecular weight excluding hydrogens is 542 g/mol. The zero-order valence-electron chi connectivity index (χ0n) is 20.3. The van der Waals surface area contributed by atoms with Crippen molar-refractivity contribution in [2.24, 2.45) is 0 Å². The molecule has 7 nitrogen and oxygen atoms in total. The molecule has 3 amide bonds. The van der Waals surface area contributed by atoms with Gasteiger partial charge >= 0.3 is 0 Å². The van der Waals surface area contributed by atoms with Gasteiger partial charge in [-0.25, -0.2) is 9.37 Å². The summed E-state index contributed by atoms with van der Waals surface area (Å²) in [6, 6.07) is 19.6. The fraction of sp³-hybridized carbons (Fsp3) is 0.103. The maximum atomic E-state index is 14.0. The third-order valence-electron chi connectivity index (χ3n) is 6.30. The average Bonchev–Trinajstić information content (AvgIpc) is 3.01. The maximum absolute atomic E-state index is 14.0. The van der Waals surface area contributed by atoms with Crippen LogP contribution in [0.5, 0.6) is 0 Å². The Kier molecular flexibility index (Phi) is 7.58. The van der Waals surface area contributed by atoms with Crippen molar-refractivity contribution in [2.75, 3.05) is 10.6 Å². The molecule has 196 valence electrons. The van der Waals surface area contributed by atoms with E-state index in [-0.39, 0.29) is 30.1 Å².